The number of ketones is 2. The van der Waals surface area contributed by atoms with Crippen molar-refractivity contribution in [3.8, 4) is 17.0 Å². The normalized spacial score (nSPS) is 25.5. The van der Waals surface area contributed by atoms with E-state index < -0.39 is 58.4 Å². The molecule has 186 valence electrons. The lowest BCUT2D eigenvalue weighted by molar-refractivity contribution is -0.136. The van der Waals surface area contributed by atoms with Crippen LogP contribution in [0, 0.1) is 17.8 Å². The van der Waals surface area contributed by atoms with E-state index in [0.717, 1.165) is 0 Å². The van der Waals surface area contributed by atoms with Crippen LogP contribution in [0.3, 0.4) is 0 Å². The van der Waals surface area contributed by atoms with Crippen LogP contribution < -0.4 is 11.5 Å². The van der Waals surface area contributed by atoms with Crippen LogP contribution in [0.1, 0.15) is 17.5 Å². The van der Waals surface area contributed by atoms with Crippen molar-refractivity contribution >= 4 is 28.9 Å². The smallest absolute Gasteiger partial charge is 0.255 e. The van der Waals surface area contributed by atoms with E-state index in [1.807, 2.05) is 0 Å². The van der Waals surface area contributed by atoms with Crippen molar-refractivity contribution in [2.45, 2.75) is 18.9 Å². The number of fused-ring (bicyclic) bond motifs is 3. The van der Waals surface area contributed by atoms with Crippen LogP contribution in [-0.2, 0) is 20.8 Å². The zero-order chi connectivity index (χ0) is 26.0. The fourth-order valence-electron chi connectivity index (χ4n) is 6.10. The second kappa shape index (κ2) is 8.20. The summed E-state index contributed by atoms with van der Waals surface area (Å²) in [5, 5.41) is 32.9. The summed E-state index contributed by atoms with van der Waals surface area (Å²) in [4.78, 5) is 45.1. The minimum absolute atomic E-state index is 0.00595. The second-order valence-electron chi connectivity index (χ2n) is 9.73. The number of primary amides is 1. The summed E-state index contributed by atoms with van der Waals surface area (Å²) in [5.41, 5.74) is 12.7. The molecule has 3 aliphatic carbocycles. The van der Waals surface area contributed by atoms with Crippen LogP contribution >= 0.6 is 0 Å². The van der Waals surface area contributed by atoms with Gasteiger partial charge in [0.2, 0.25) is 0 Å². The van der Waals surface area contributed by atoms with Gasteiger partial charge in [0.05, 0.1) is 28.9 Å². The number of rotatable bonds is 3. The predicted octanol–water partition coefficient (Wildman–Crippen LogP) is 1.49. The molecule has 1 saturated carbocycles. The number of nitrogens with zero attached hydrogens (tertiary/aromatic N) is 2. The first-order valence-corrected chi connectivity index (χ1v) is 11.5. The van der Waals surface area contributed by atoms with Gasteiger partial charge >= 0.3 is 0 Å². The molecule has 0 bridgehead atoms. The highest BCUT2D eigenvalue weighted by Gasteiger charge is 2.55. The number of carbonyl (C=O) groups is 3. The van der Waals surface area contributed by atoms with E-state index in [1.54, 1.807) is 49.5 Å². The Labute approximate surface area is 206 Å². The maximum Gasteiger partial charge on any atom is 0.255 e. The summed E-state index contributed by atoms with van der Waals surface area (Å²) in [5.74, 6) is -6.33. The van der Waals surface area contributed by atoms with Gasteiger partial charge in [-0.05, 0) is 62.5 Å². The average molecular weight is 491 g/mol. The molecule has 0 aliphatic heterocycles. The van der Waals surface area contributed by atoms with Crippen LogP contribution in [0.15, 0.2) is 47.4 Å². The van der Waals surface area contributed by atoms with Gasteiger partial charge in [-0.2, -0.15) is 0 Å². The van der Waals surface area contributed by atoms with Crippen molar-refractivity contribution in [1.82, 2.24) is 9.88 Å². The highest BCUT2D eigenvalue weighted by atomic mass is 16.3. The van der Waals surface area contributed by atoms with E-state index in [0.29, 0.717) is 16.8 Å². The van der Waals surface area contributed by atoms with Crippen LogP contribution in [-0.4, -0.2) is 62.8 Å². The minimum atomic E-state index is -1.30. The van der Waals surface area contributed by atoms with E-state index >= 15 is 0 Å². The molecule has 1 amide bonds. The SMILES string of the molecule is CN(C)C1C(O)=C(C(N)=O)C(=O)C2C(=O)C3=C(O)c4c(O)c(N)cc(-c5ccccn5)c4CC3CC21. The standard InChI is InChI=1S/C26H26N4O6/c1-30(2)20-13-8-10-7-12-11(15-5-3-4-6-29-15)9-14(27)21(31)17(12)22(32)16(10)23(33)18(13)24(34)19(25(20)35)26(28)36/h3-6,9-10,13,18,20,31-32,35H,7-8,27H2,1-2H3,(H2,28,36). The topological polar surface area (TPSA) is 180 Å². The van der Waals surface area contributed by atoms with E-state index in [-0.39, 0.29) is 35.4 Å². The number of phenolic OH excluding ortho intramolecular Hbond substituents is 1. The Balaban J connectivity index is 1.71. The van der Waals surface area contributed by atoms with Gasteiger partial charge in [0.15, 0.2) is 11.6 Å². The number of aliphatic hydroxyl groups is 2. The van der Waals surface area contributed by atoms with Crippen molar-refractivity contribution in [2.24, 2.45) is 23.5 Å². The molecule has 2 aromatic rings. The van der Waals surface area contributed by atoms with E-state index in [2.05, 4.69) is 4.98 Å². The zero-order valence-corrected chi connectivity index (χ0v) is 19.7. The second-order valence-corrected chi connectivity index (χ2v) is 9.73. The Kier molecular flexibility index (Phi) is 5.36. The van der Waals surface area contributed by atoms with Gasteiger partial charge in [0.25, 0.3) is 5.91 Å². The third-order valence-electron chi connectivity index (χ3n) is 7.53. The van der Waals surface area contributed by atoms with Crippen molar-refractivity contribution in [3.05, 3.63) is 58.5 Å². The van der Waals surface area contributed by atoms with Crippen molar-refractivity contribution in [2.75, 3.05) is 19.8 Å². The number of nitrogen functional groups attached to an aromatic ring is 1. The van der Waals surface area contributed by atoms with Gasteiger partial charge in [0.1, 0.15) is 22.8 Å². The molecule has 4 unspecified atom stereocenters. The zero-order valence-electron chi connectivity index (χ0n) is 19.7. The summed E-state index contributed by atoms with van der Waals surface area (Å²) >= 11 is 0. The van der Waals surface area contributed by atoms with Gasteiger partial charge in [-0.15, -0.1) is 0 Å². The van der Waals surface area contributed by atoms with Crippen LogP contribution in [0.5, 0.6) is 5.75 Å². The monoisotopic (exact) mass is 490 g/mol. The largest absolute Gasteiger partial charge is 0.510 e. The molecular formula is C26H26N4O6. The van der Waals surface area contributed by atoms with Crippen LogP contribution in [0.4, 0.5) is 5.69 Å². The molecule has 3 aliphatic rings. The molecule has 10 nitrogen and oxygen atoms in total. The Bertz CT molecular complexity index is 1390. The Morgan fingerprint density at radius 2 is 1.86 bits per heavy atom. The molecule has 1 aromatic heterocycles. The van der Waals surface area contributed by atoms with Crippen LogP contribution in [0.2, 0.25) is 0 Å². The van der Waals surface area contributed by atoms with E-state index in [4.69, 9.17) is 11.5 Å². The first kappa shape index (κ1) is 23.6. The Morgan fingerprint density at radius 3 is 2.47 bits per heavy atom. The van der Waals surface area contributed by atoms with Crippen molar-refractivity contribution in [1.29, 1.82) is 0 Å². The Morgan fingerprint density at radius 1 is 1.14 bits per heavy atom. The number of hydrogen-bond donors (Lipinski definition) is 5. The minimum Gasteiger partial charge on any atom is -0.510 e. The predicted molar refractivity (Wildman–Crippen MR) is 130 cm³/mol. The Hall–Kier alpha value is -4.18. The number of aromatic hydroxyl groups is 1. The highest BCUT2D eigenvalue weighted by molar-refractivity contribution is 6.28. The lowest BCUT2D eigenvalue weighted by Crippen LogP contribution is -2.55. The number of carbonyl (C=O) groups excluding carboxylic acids is 3. The van der Waals surface area contributed by atoms with Crippen molar-refractivity contribution in [3.63, 3.8) is 0 Å². The first-order valence-electron chi connectivity index (χ1n) is 11.5. The fourth-order valence-corrected chi connectivity index (χ4v) is 6.10. The number of nitrogens with two attached hydrogens (primary N) is 2. The molecule has 5 rings (SSSR count). The molecule has 1 aromatic carbocycles. The number of Topliss-reactive ketones (excluding diaryl/α,β-unsaturated/α-hetero) is 2. The number of benzene rings is 1. The fraction of sp³-hybridized carbons (Fsp3) is 0.308. The number of pyridine rings is 1. The maximum absolute atomic E-state index is 13.8. The maximum atomic E-state index is 13.8. The van der Waals surface area contributed by atoms with Crippen LogP contribution in [0.25, 0.3) is 17.0 Å². The molecule has 0 radical (unpaired) electrons. The molecule has 4 atom stereocenters. The van der Waals surface area contributed by atoms with Crippen molar-refractivity contribution < 1.29 is 29.7 Å². The van der Waals surface area contributed by atoms with Gasteiger partial charge in [-0.25, -0.2) is 0 Å². The average Bonchev–Trinajstić information content (AvgIpc) is 2.81. The first-order chi connectivity index (χ1) is 17.0. The molecule has 1 fully saturated rings. The lowest BCUT2D eigenvalue weighted by atomic mass is 9.59. The molecule has 10 heteroatoms. The van der Waals surface area contributed by atoms with E-state index in [1.165, 1.54) is 0 Å². The van der Waals surface area contributed by atoms with E-state index in [9.17, 15) is 29.7 Å². The number of aliphatic hydroxyl groups excluding tert-OH is 2. The number of phenols is 1. The highest BCUT2D eigenvalue weighted by Crippen LogP contribution is 2.52. The van der Waals surface area contributed by atoms with Gasteiger partial charge in [-0.1, -0.05) is 6.07 Å². The molecule has 0 saturated heterocycles. The number of likely N-dealkylation sites (N-methyl/N-ethyl adjacent to an activating group) is 1. The number of aromatic nitrogens is 1. The molecule has 7 N–H and O–H groups in total. The summed E-state index contributed by atoms with van der Waals surface area (Å²) < 4.78 is 0. The molecule has 1 heterocycles. The summed E-state index contributed by atoms with van der Waals surface area (Å²) in [6.07, 6.45) is 2.15. The molecule has 36 heavy (non-hydrogen) atoms. The summed E-state index contributed by atoms with van der Waals surface area (Å²) in [6.45, 7) is 0. The van der Waals surface area contributed by atoms with Gasteiger partial charge in [-0.3, -0.25) is 24.3 Å². The third kappa shape index (κ3) is 3.21. The summed E-state index contributed by atoms with van der Waals surface area (Å²) in [6, 6.07) is 6.14. The van der Waals surface area contributed by atoms with Gasteiger partial charge in [0, 0.05) is 17.3 Å². The number of amides is 1. The third-order valence-corrected chi connectivity index (χ3v) is 7.53. The quantitative estimate of drug-likeness (QED) is 0.184. The lowest BCUT2D eigenvalue weighted by Gasteiger charge is -2.46. The van der Waals surface area contributed by atoms with Gasteiger partial charge < -0.3 is 26.8 Å². The summed E-state index contributed by atoms with van der Waals surface area (Å²) in [7, 11) is 3.35. The molecule has 0 spiro atoms. The number of allylic oxidation sites excluding steroid dienone is 1. The molecular weight excluding hydrogens is 464 g/mol. The number of hydrogen-bond acceptors (Lipinski definition) is 9. The number of anilines is 1.